The van der Waals surface area contributed by atoms with Crippen LogP contribution < -0.4 is 10.9 Å². The zero-order valence-electron chi connectivity index (χ0n) is 13.9. The van der Waals surface area contributed by atoms with Crippen LogP contribution in [0.25, 0.3) is 0 Å². The van der Waals surface area contributed by atoms with Gasteiger partial charge >= 0.3 is 0 Å². The topological polar surface area (TPSA) is 81.6 Å². The molecular formula is C18H24N4O. The number of aromatic nitrogens is 2. The first kappa shape index (κ1) is 16.9. The zero-order valence-corrected chi connectivity index (χ0v) is 13.9. The van der Waals surface area contributed by atoms with Gasteiger partial charge in [-0.15, -0.1) is 0 Å². The maximum absolute atomic E-state index is 12.2. The van der Waals surface area contributed by atoms with Gasteiger partial charge in [-0.2, -0.15) is 0 Å². The Morgan fingerprint density at radius 3 is 2.70 bits per heavy atom. The predicted molar refractivity (Wildman–Crippen MR) is 94.7 cm³/mol. The van der Waals surface area contributed by atoms with Crippen LogP contribution >= 0.6 is 0 Å². The number of benzene rings is 1. The first-order chi connectivity index (χ1) is 11.1. The van der Waals surface area contributed by atoms with E-state index in [1.165, 1.54) is 5.56 Å². The fourth-order valence-electron chi connectivity index (χ4n) is 2.56. The van der Waals surface area contributed by atoms with Crippen molar-refractivity contribution in [3.8, 4) is 0 Å². The van der Waals surface area contributed by atoms with E-state index < -0.39 is 0 Å². The molecule has 23 heavy (non-hydrogen) atoms. The van der Waals surface area contributed by atoms with Gasteiger partial charge in [-0.25, -0.2) is 4.98 Å². The van der Waals surface area contributed by atoms with Crippen LogP contribution in [0.3, 0.4) is 0 Å². The molecule has 122 valence electrons. The summed E-state index contributed by atoms with van der Waals surface area (Å²) in [4.78, 5) is 19.6. The van der Waals surface area contributed by atoms with E-state index in [2.05, 4.69) is 35.2 Å². The Kier molecular flexibility index (Phi) is 5.68. The highest BCUT2D eigenvalue weighted by molar-refractivity contribution is 5.83. The molecule has 0 radical (unpaired) electrons. The Morgan fingerprint density at radius 1 is 1.35 bits per heavy atom. The summed E-state index contributed by atoms with van der Waals surface area (Å²) in [6, 6.07) is 8.38. The van der Waals surface area contributed by atoms with Crippen LogP contribution in [-0.4, -0.2) is 22.2 Å². The lowest BCUT2D eigenvalue weighted by atomic mass is 10.1. The van der Waals surface area contributed by atoms with E-state index in [1.54, 1.807) is 0 Å². The second kappa shape index (κ2) is 7.72. The smallest absolute Gasteiger partial charge is 0.261 e. The second-order valence-electron chi connectivity index (χ2n) is 5.74. The molecule has 3 N–H and O–H groups in total. The van der Waals surface area contributed by atoms with Crippen LogP contribution in [0, 0.1) is 12.3 Å². The van der Waals surface area contributed by atoms with Gasteiger partial charge in [-0.1, -0.05) is 43.7 Å². The predicted octanol–water partition coefficient (Wildman–Crippen LogP) is 3.27. The third-order valence-corrected chi connectivity index (χ3v) is 3.93. The van der Waals surface area contributed by atoms with Gasteiger partial charge in [0, 0.05) is 18.7 Å². The lowest BCUT2D eigenvalue weighted by Gasteiger charge is -2.17. The minimum Gasteiger partial charge on any atom is -0.367 e. The van der Waals surface area contributed by atoms with E-state index >= 15 is 0 Å². The summed E-state index contributed by atoms with van der Waals surface area (Å²) in [5.41, 5.74) is 2.29. The van der Waals surface area contributed by atoms with Crippen LogP contribution in [0.4, 0.5) is 5.82 Å². The summed E-state index contributed by atoms with van der Waals surface area (Å²) < 4.78 is 0. The molecule has 5 nitrogen and oxygen atoms in total. The molecule has 0 aliphatic rings. The molecule has 0 saturated heterocycles. The van der Waals surface area contributed by atoms with Gasteiger partial charge in [0.15, 0.2) is 0 Å². The molecule has 1 aromatic heterocycles. The molecule has 0 aliphatic heterocycles. The van der Waals surface area contributed by atoms with Crippen LogP contribution in [0.5, 0.6) is 0 Å². The van der Waals surface area contributed by atoms with E-state index in [1.807, 2.05) is 25.1 Å². The van der Waals surface area contributed by atoms with Crippen molar-refractivity contribution in [2.45, 2.75) is 46.1 Å². The molecule has 0 atom stereocenters. The minimum atomic E-state index is -0.272. The standard InChI is InChI=1S/C18H24N4O/c1-4-14(5-2)20-17-15(11-19)18(23)22-16(21-17)10-13-8-6-7-12(3)9-13/h6-9,11,14,19H,4-5,10H2,1-3H3,(H2,20,21,22,23). The first-order valence-corrected chi connectivity index (χ1v) is 8.03. The Hall–Kier alpha value is -2.43. The lowest BCUT2D eigenvalue weighted by Crippen LogP contribution is -2.25. The molecule has 0 unspecified atom stereocenters. The molecular weight excluding hydrogens is 288 g/mol. The number of nitrogens with one attached hydrogen (secondary N) is 3. The van der Waals surface area contributed by atoms with Crippen molar-refractivity contribution in [2.24, 2.45) is 0 Å². The fraction of sp³-hybridized carbons (Fsp3) is 0.389. The molecule has 0 fully saturated rings. The molecule has 0 spiro atoms. The van der Waals surface area contributed by atoms with E-state index in [0.29, 0.717) is 18.1 Å². The highest BCUT2D eigenvalue weighted by Gasteiger charge is 2.13. The average molecular weight is 312 g/mol. The largest absolute Gasteiger partial charge is 0.367 e. The normalized spacial score (nSPS) is 10.8. The minimum absolute atomic E-state index is 0.245. The third-order valence-electron chi connectivity index (χ3n) is 3.93. The summed E-state index contributed by atoms with van der Waals surface area (Å²) >= 11 is 0. The molecule has 2 aromatic rings. The second-order valence-corrected chi connectivity index (χ2v) is 5.74. The molecule has 1 aromatic carbocycles. The van der Waals surface area contributed by atoms with E-state index in [9.17, 15) is 4.79 Å². The molecule has 0 aliphatic carbocycles. The van der Waals surface area contributed by atoms with Crippen molar-refractivity contribution in [1.82, 2.24) is 9.97 Å². The van der Waals surface area contributed by atoms with E-state index in [0.717, 1.165) is 24.6 Å². The fourth-order valence-corrected chi connectivity index (χ4v) is 2.56. The van der Waals surface area contributed by atoms with Crippen molar-refractivity contribution >= 4 is 12.0 Å². The molecule has 5 heteroatoms. The quantitative estimate of drug-likeness (QED) is 0.686. The number of anilines is 1. The van der Waals surface area contributed by atoms with Gasteiger partial charge in [0.25, 0.3) is 5.56 Å². The highest BCUT2D eigenvalue weighted by atomic mass is 16.1. The van der Waals surface area contributed by atoms with Crippen LogP contribution in [0.1, 0.15) is 49.2 Å². The van der Waals surface area contributed by atoms with Crippen molar-refractivity contribution in [3.05, 3.63) is 57.1 Å². The Labute approximate surface area is 136 Å². The SMILES string of the molecule is CCC(CC)Nc1nc(Cc2cccc(C)c2)[nH]c(=O)c1C=N. The highest BCUT2D eigenvalue weighted by Crippen LogP contribution is 2.13. The Balaban J connectivity index is 2.36. The van der Waals surface area contributed by atoms with E-state index in [-0.39, 0.29) is 17.2 Å². The number of aromatic amines is 1. The summed E-state index contributed by atoms with van der Waals surface area (Å²) in [5.74, 6) is 1.11. The maximum atomic E-state index is 12.2. The van der Waals surface area contributed by atoms with Gasteiger partial charge in [0.1, 0.15) is 11.6 Å². The summed E-state index contributed by atoms with van der Waals surface area (Å²) in [5, 5.41) is 10.8. The first-order valence-electron chi connectivity index (χ1n) is 8.03. The van der Waals surface area contributed by atoms with Gasteiger partial charge in [-0.3, -0.25) is 4.79 Å². The van der Waals surface area contributed by atoms with Crippen molar-refractivity contribution in [3.63, 3.8) is 0 Å². The van der Waals surface area contributed by atoms with Crippen LogP contribution in [0.2, 0.25) is 0 Å². The number of hydrogen-bond acceptors (Lipinski definition) is 4. The maximum Gasteiger partial charge on any atom is 0.261 e. The third kappa shape index (κ3) is 4.28. The lowest BCUT2D eigenvalue weighted by molar-refractivity contribution is 0.666. The number of H-pyrrole nitrogens is 1. The van der Waals surface area contributed by atoms with Gasteiger partial charge in [0.05, 0.1) is 5.56 Å². The average Bonchev–Trinajstić information content (AvgIpc) is 2.52. The number of hydrogen-bond donors (Lipinski definition) is 3. The molecule has 0 bridgehead atoms. The molecule has 2 rings (SSSR count). The number of nitrogens with zero attached hydrogens (tertiary/aromatic N) is 1. The zero-order chi connectivity index (χ0) is 16.8. The summed E-state index contributed by atoms with van der Waals surface area (Å²) in [6.07, 6.45) is 3.51. The van der Waals surface area contributed by atoms with Crippen LogP contribution in [-0.2, 0) is 6.42 Å². The molecule has 1 heterocycles. The van der Waals surface area contributed by atoms with Gasteiger partial charge < -0.3 is 15.7 Å². The monoisotopic (exact) mass is 312 g/mol. The summed E-state index contributed by atoms with van der Waals surface area (Å²) in [6.45, 7) is 6.22. The van der Waals surface area contributed by atoms with Crippen molar-refractivity contribution in [1.29, 1.82) is 5.41 Å². The molecule has 0 amide bonds. The van der Waals surface area contributed by atoms with Gasteiger partial charge in [-0.05, 0) is 25.3 Å². The number of rotatable bonds is 7. The number of aryl methyl sites for hydroxylation is 1. The van der Waals surface area contributed by atoms with E-state index in [4.69, 9.17) is 5.41 Å². The van der Waals surface area contributed by atoms with Crippen molar-refractivity contribution in [2.75, 3.05) is 5.32 Å². The molecule has 0 saturated carbocycles. The summed E-state index contributed by atoms with van der Waals surface area (Å²) in [7, 11) is 0. The van der Waals surface area contributed by atoms with Crippen LogP contribution in [0.15, 0.2) is 29.1 Å². The Morgan fingerprint density at radius 2 is 2.09 bits per heavy atom. The van der Waals surface area contributed by atoms with Crippen molar-refractivity contribution < 1.29 is 0 Å². The van der Waals surface area contributed by atoms with Gasteiger partial charge in [0.2, 0.25) is 0 Å². The Bertz CT molecular complexity index is 732.